The second-order valence-corrected chi connectivity index (χ2v) is 9.30. The number of piperidine rings is 1. The van der Waals surface area contributed by atoms with Crippen molar-refractivity contribution in [3.05, 3.63) is 84.1 Å². The van der Waals surface area contributed by atoms with Crippen LogP contribution in [0.3, 0.4) is 0 Å². The molecular weight excluding hydrogens is 422 g/mol. The van der Waals surface area contributed by atoms with Gasteiger partial charge in [0, 0.05) is 43.0 Å². The van der Waals surface area contributed by atoms with E-state index in [1.807, 2.05) is 48.5 Å². The van der Waals surface area contributed by atoms with Crippen LogP contribution >= 0.6 is 0 Å². The average molecular weight is 450 g/mol. The number of hydrogen-bond donors (Lipinski definition) is 2. The molecule has 6 heteroatoms. The van der Waals surface area contributed by atoms with E-state index in [0.29, 0.717) is 5.95 Å². The first kappa shape index (κ1) is 20.7. The summed E-state index contributed by atoms with van der Waals surface area (Å²) in [6.45, 7) is 1.44. The van der Waals surface area contributed by atoms with E-state index in [9.17, 15) is 4.79 Å². The summed E-state index contributed by atoms with van der Waals surface area (Å²) in [6.07, 6.45) is 4.71. The molecule has 2 heterocycles. The molecule has 0 unspecified atom stereocenters. The summed E-state index contributed by atoms with van der Waals surface area (Å²) in [5.41, 5.74) is 5.59. The number of likely N-dealkylation sites (tertiary alicyclic amines) is 1. The van der Waals surface area contributed by atoms with E-state index >= 15 is 0 Å². The van der Waals surface area contributed by atoms with Gasteiger partial charge in [0.15, 0.2) is 0 Å². The minimum absolute atomic E-state index is 0.00778. The predicted octanol–water partition coefficient (Wildman–Crippen LogP) is 5.46. The Balaban J connectivity index is 1.22. The van der Waals surface area contributed by atoms with Crippen molar-refractivity contribution >= 4 is 28.4 Å². The number of amides is 2. The Hall–Kier alpha value is -3.93. The van der Waals surface area contributed by atoms with Crippen molar-refractivity contribution in [1.82, 2.24) is 14.9 Å². The number of anilines is 2. The lowest BCUT2D eigenvalue weighted by molar-refractivity contribution is 0.166. The molecule has 170 valence electrons. The molecule has 6 rings (SSSR count). The van der Waals surface area contributed by atoms with Crippen LogP contribution in [0.25, 0.3) is 22.0 Å². The fraction of sp³-hybridized carbons (Fsp3) is 0.250. The SMILES string of the molecule is CNc1ncc2c(n1)-c1ccccc1C1(CCN(C(=O)Nc3ccc4ccccc4c3)CC1)C2. The summed E-state index contributed by atoms with van der Waals surface area (Å²) in [5, 5.41) is 8.45. The van der Waals surface area contributed by atoms with Crippen LogP contribution in [0.15, 0.2) is 72.9 Å². The van der Waals surface area contributed by atoms with Crippen molar-refractivity contribution in [2.45, 2.75) is 24.7 Å². The number of fused-ring (bicyclic) bond motifs is 5. The minimum Gasteiger partial charge on any atom is -0.357 e. The molecule has 34 heavy (non-hydrogen) atoms. The van der Waals surface area contributed by atoms with E-state index in [1.165, 1.54) is 22.1 Å². The number of carbonyl (C=O) groups is 1. The van der Waals surface area contributed by atoms with Gasteiger partial charge in [-0.05, 0) is 53.3 Å². The van der Waals surface area contributed by atoms with Gasteiger partial charge in [-0.1, -0.05) is 54.6 Å². The van der Waals surface area contributed by atoms with Gasteiger partial charge < -0.3 is 15.5 Å². The van der Waals surface area contributed by atoms with Crippen molar-refractivity contribution in [2.24, 2.45) is 0 Å². The van der Waals surface area contributed by atoms with E-state index in [0.717, 1.165) is 49.1 Å². The Morgan fingerprint density at radius 3 is 2.56 bits per heavy atom. The fourth-order valence-electron chi connectivity index (χ4n) is 5.56. The number of urea groups is 1. The highest BCUT2D eigenvalue weighted by Gasteiger charge is 2.42. The smallest absolute Gasteiger partial charge is 0.321 e. The predicted molar refractivity (Wildman–Crippen MR) is 136 cm³/mol. The van der Waals surface area contributed by atoms with Crippen molar-refractivity contribution in [3.8, 4) is 11.3 Å². The second-order valence-electron chi connectivity index (χ2n) is 9.30. The van der Waals surface area contributed by atoms with E-state index in [-0.39, 0.29) is 11.4 Å². The third-order valence-corrected chi connectivity index (χ3v) is 7.38. The Labute approximate surface area is 199 Å². The van der Waals surface area contributed by atoms with Gasteiger partial charge >= 0.3 is 6.03 Å². The molecule has 2 amide bonds. The molecule has 0 saturated carbocycles. The molecule has 0 bridgehead atoms. The molecule has 1 saturated heterocycles. The zero-order valence-electron chi connectivity index (χ0n) is 19.2. The molecule has 6 nitrogen and oxygen atoms in total. The zero-order chi connectivity index (χ0) is 23.1. The van der Waals surface area contributed by atoms with E-state index in [4.69, 9.17) is 4.98 Å². The normalized spacial score (nSPS) is 16.1. The molecule has 0 atom stereocenters. The largest absolute Gasteiger partial charge is 0.357 e. The van der Waals surface area contributed by atoms with Gasteiger partial charge in [-0.25, -0.2) is 14.8 Å². The molecule has 1 fully saturated rings. The van der Waals surface area contributed by atoms with Crippen LogP contribution in [-0.2, 0) is 11.8 Å². The van der Waals surface area contributed by atoms with Gasteiger partial charge in [0.1, 0.15) is 0 Å². The zero-order valence-corrected chi connectivity index (χ0v) is 19.2. The van der Waals surface area contributed by atoms with Gasteiger partial charge in [-0.3, -0.25) is 0 Å². The first-order chi connectivity index (χ1) is 16.6. The maximum Gasteiger partial charge on any atom is 0.321 e. The lowest BCUT2D eigenvalue weighted by Crippen LogP contribution is -2.48. The summed E-state index contributed by atoms with van der Waals surface area (Å²) < 4.78 is 0. The number of aromatic nitrogens is 2. The third kappa shape index (κ3) is 3.46. The van der Waals surface area contributed by atoms with E-state index in [2.05, 4.69) is 52.0 Å². The summed E-state index contributed by atoms with van der Waals surface area (Å²) in [4.78, 5) is 24.3. The Morgan fingerprint density at radius 1 is 0.971 bits per heavy atom. The maximum absolute atomic E-state index is 13.1. The van der Waals surface area contributed by atoms with E-state index < -0.39 is 0 Å². The molecule has 1 aliphatic carbocycles. The molecule has 1 aromatic heterocycles. The highest BCUT2D eigenvalue weighted by atomic mass is 16.2. The summed E-state index contributed by atoms with van der Waals surface area (Å²) in [5.74, 6) is 0.643. The Morgan fingerprint density at radius 2 is 1.74 bits per heavy atom. The van der Waals surface area contributed by atoms with Gasteiger partial charge in [0.05, 0.1) is 5.69 Å². The standard InChI is InChI=1S/C28H27N5O/c1-29-26-30-18-21-17-28(24-9-5-4-8-23(24)25(21)32-26)12-14-33(15-13-28)27(34)31-22-11-10-19-6-2-3-7-20(19)16-22/h2-11,16,18H,12-15,17H2,1H3,(H,31,34)(H,29,30,32). The van der Waals surface area contributed by atoms with Crippen LogP contribution in [0.1, 0.15) is 24.0 Å². The number of benzene rings is 3. The lowest BCUT2D eigenvalue weighted by Gasteiger charge is -2.45. The molecule has 0 radical (unpaired) electrons. The van der Waals surface area contributed by atoms with Crippen LogP contribution in [0.5, 0.6) is 0 Å². The highest BCUT2D eigenvalue weighted by molar-refractivity contribution is 5.93. The minimum atomic E-state index is -0.0309. The first-order valence-electron chi connectivity index (χ1n) is 11.8. The number of hydrogen-bond acceptors (Lipinski definition) is 4. The van der Waals surface area contributed by atoms with Crippen LogP contribution < -0.4 is 10.6 Å². The highest BCUT2D eigenvalue weighted by Crippen LogP contribution is 2.47. The van der Waals surface area contributed by atoms with Gasteiger partial charge in [-0.15, -0.1) is 0 Å². The molecule has 2 N–H and O–H groups in total. The fourth-order valence-corrected chi connectivity index (χ4v) is 5.56. The third-order valence-electron chi connectivity index (χ3n) is 7.38. The Bertz CT molecular complexity index is 1390. The van der Waals surface area contributed by atoms with Gasteiger partial charge in [-0.2, -0.15) is 0 Å². The van der Waals surface area contributed by atoms with E-state index in [1.54, 1.807) is 0 Å². The molecule has 3 aromatic carbocycles. The number of nitrogens with zero attached hydrogens (tertiary/aromatic N) is 3. The summed E-state index contributed by atoms with van der Waals surface area (Å²) >= 11 is 0. The van der Waals surface area contributed by atoms with Crippen LogP contribution in [-0.4, -0.2) is 41.0 Å². The molecule has 1 aliphatic heterocycles. The van der Waals surface area contributed by atoms with Crippen molar-refractivity contribution in [3.63, 3.8) is 0 Å². The number of carbonyl (C=O) groups excluding carboxylic acids is 1. The molecular formula is C28H27N5O. The van der Waals surface area contributed by atoms with Crippen molar-refractivity contribution in [2.75, 3.05) is 30.8 Å². The lowest BCUT2D eigenvalue weighted by atomic mass is 9.64. The monoisotopic (exact) mass is 449 g/mol. The second kappa shape index (κ2) is 8.13. The Kier molecular flexibility index (Phi) is 4.94. The molecule has 2 aliphatic rings. The van der Waals surface area contributed by atoms with Gasteiger partial charge in [0.2, 0.25) is 5.95 Å². The maximum atomic E-state index is 13.1. The summed E-state index contributed by atoms with van der Waals surface area (Å²) in [7, 11) is 1.84. The van der Waals surface area contributed by atoms with Crippen LogP contribution in [0, 0.1) is 0 Å². The van der Waals surface area contributed by atoms with Crippen LogP contribution in [0.2, 0.25) is 0 Å². The van der Waals surface area contributed by atoms with Crippen molar-refractivity contribution < 1.29 is 4.79 Å². The first-order valence-corrected chi connectivity index (χ1v) is 11.8. The molecule has 4 aromatic rings. The average Bonchev–Trinajstić information content (AvgIpc) is 2.89. The number of nitrogens with one attached hydrogen (secondary N) is 2. The topological polar surface area (TPSA) is 70.2 Å². The summed E-state index contributed by atoms with van der Waals surface area (Å²) in [6, 6.07) is 22.8. The quantitative estimate of drug-likeness (QED) is 0.426. The van der Waals surface area contributed by atoms with Gasteiger partial charge in [0.25, 0.3) is 0 Å². The number of rotatable bonds is 2. The van der Waals surface area contributed by atoms with Crippen LogP contribution in [0.4, 0.5) is 16.4 Å². The molecule has 1 spiro atoms. The van der Waals surface area contributed by atoms with Crippen molar-refractivity contribution in [1.29, 1.82) is 0 Å².